The van der Waals surface area contributed by atoms with Gasteiger partial charge in [0.25, 0.3) is 0 Å². The van der Waals surface area contributed by atoms with Crippen molar-refractivity contribution in [1.29, 1.82) is 0 Å². The monoisotopic (exact) mass is 432 g/mol. The van der Waals surface area contributed by atoms with Gasteiger partial charge in [0.1, 0.15) is 6.61 Å². The van der Waals surface area contributed by atoms with Crippen LogP contribution in [0, 0.1) is 11.8 Å². The van der Waals surface area contributed by atoms with Crippen molar-refractivity contribution in [3.63, 3.8) is 0 Å². The second-order valence-corrected chi connectivity index (χ2v) is 8.49. The molecule has 0 bridgehead atoms. The molecule has 3 aromatic carbocycles. The number of ether oxygens (including phenoxy) is 5. The number of hydrogen-bond donors (Lipinski definition) is 0. The van der Waals surface area contributed by atoms with Crippen LogP contribution in [0.3, 0.4) is 0 Å². The Kier molecular flexibility index (Phi) is 5.66. The lowest BCUT2D eigenvalue weighted by molar-refractivity contribution is 0.0288. The molecule has 0 radical (unpaired) electrons. The molecule has 2 aliphatic rings. The van der Waals surface area contributed by atoms with E-state index in [0.29, 0.717) is 24.2 Å². The van der Waals surface area contributed by atoms with E-state index in [1.54, 1.807) is 7.11 Å². The molecule has 32 heavy (non-hydrogen) atoms. The van der Waals surface area contributed by atoms with E-state index < -0.39 is 0 Å². The van der Waals surface area contributed by atoms with Gasteiger partial charge in [0, 0.05) is 0 Å². The van der Waals surface area contributed by atoms with Crippen molar-refractivity contribution >= 4 is 0 Å². The lowest BCUT2D eigenvalue weighted by Gasteiger charge is -2.19. The lowest BCUT2D eigenvalue weighted by atomic mass is 9.85. The molecule has 5 heteroatoms. The largest absolute Gasteiger partial charge is 0.493 e. The highest BCUT2D eigenvalue weighted by Crippen LogP contribution is 2.51. The molecule has 0 spiro atoms. The Morgan fingerprint density at radius 1 is 0.781 bits per heavy atom. The molecule has 3 aromatic rings. The van der Waals surface area contributed by atoms with E-state index in [0.717, 1.165) is 33.9 Å². The maximum atomic E-state index is 6.59. The number of rotatable bonds is 6. The molecule has 0 aromatic heterocycles. The van der Waals surface area contributed by atoms with Crippen molar-refractivity contribution in [3.8, 4) is 23.0 Å². The van der Waals surface area contributed by atoms with Gasteiger partial charge in [-0.2, -0.15) is 0 Å². The summed E-state index contributed by atoms with van der Waals surface area (Å²) in [6.07, 6.45) is -0.0398. The zero-order valence-corrected chi connectivity index (χ0v) is 18.6. The molecular formula is C27H28O5. The van der Waals surface area contributed by atoms with Crippen LogP contribution in [0.15, 0.2) is 66.7 Å². The van der Waals surface area contributed by atoms with Crippen molar-refractivity contribution in [3.05, 3.63) is 83.4 Å². The molecule has 4 atom stereocenters. The van der Waals surface area contributed by atoms with Crippen LogP contribution in [0.4, 0.5) is 0 Å². The van der Waals surface area contributed by atoms with E-state index >= 15 is 0 Å². The van der Waals surface area contributed by atoms with Crippen LogP contribution >= 0.6 is 0 Å². The average Bonchev–Trinajstić information content (AvgIpc) is 3.42. The minimum atomic E-state index is -0.0301. The first kappa shape index (κ1) is 20.7. The van der Waals surface area contributed by atoms with E-state index in [2.05, 4.69) is 26.0 Å². The van der Waals surface area contributed by atoms with Gasteiger partial charge in [0.2, 0.25) is 6.79 Å². The fourth-order valence-electron chi connectivity index (χ4n) is 4.53. The smallest absolute Gasteiger partial charge is 0.231 e. The van der Waals surface area contributed by atoms with E-state index in [9.17, 15) is 0 Å². The fourth-order valence-corrected chi connectivity index (χ4v) is 4.53. The summed E-state index contributed by atoms with van der Waals surface area (Å²) in [7, 11) is 1.67. The minimum absolute atomic E-state index is 0.00972. The van der Waals surface area contributed by atoms with Crippen molar-refractivity contribution in [2.45, 2.75) is 32.7 Å². The van der Waals surface area contributed by atoms with Crippen molar-refractivity contribution in [1.82, 2.24) is 0 Å². The minimum Gasteiger partial charge on any atom is -0.493 e. The van der Waals surface area contributed by atoms with Crippen LogP contribution in [0.2, 0.25) is 0 Å². The molecular weight excluding hydrogens is 404 g/mol. The molecule has 1 fully saturated rings. The molecule has 5 nitrogen and oxygen atoms in total. The van der Waals surface area contributed by atoms with E-state index in [-0.39, 0.29) is 19.0 Å². The molecule has 1 saturated heterocycles. The average molecular weight is 433 g/mol. The second kappa shape index (κ2) is 8.75. The third kappa shape index (κ3) is 3.89. The first-order valence-electron chi connectivity index (χ1n) is 11.0. The van der Waals surface area contributed by atoms with Crippen molar-refractivity contribution in [2.24, 2.45) is 11.8 Å². The van der Waals surface area contributed by atoms with Gasteiger partial charge in [-0.3, -0.25) is 0 Å². The molecule has 0 unspecified atom stereocenters. The zero-order chi connectivity index (χ0) is 22.1. The number of hydrogen-bond acceptors (Lipinski definition) is 5. The Morgan fingerprint density at radius 2 is 1.47 bits per heavy atom. The summed E-state index contributed by atoms with van der Waals surface area (Å²) < 4.78 is 29.3. The van der Waals surface area contributed by atoms with Crippen LogP contribution in [-0.2, 0) is 11.3 Å². The van der Waals surface area contributed by atoms with Gasteiger partial charge in [-0.25, -0.2) is 0 Å². The van der Waals surface area contributed by atoms with Crippen molar-refractivity contribution in [2.75, 3.05) is 13.9 Å². The molecule has 0 amide bonds. The fraction of sp³-hybridized carbons (Fsp3) is 0.333. The number of methoxy groups -OCH3 is 1. The van der Waals surface area contributed by atoms with Gasteiger partial charge in [-0.1, -0.05) is 56.3 Å². The molecule has 0 aliphatic carbocycles. The number of fused-ring (bicyclic) bond motifs is 1. The van der Waals surface area contributed by atoms with Crippen LogP contribution in [0.25, 0.3) is 0 Å². The summed E-state index contributed by atoms with van der Waals surface area (Å²) in [5, 5.41) is 0. The SMILES string of the molecule is COc1cc([C@H]2O[C@H](c3ccc4c(c3)OCO4)[C@@H](C)[C@@H]2C)ccc1OCc1ccccc1. The third-order valence-electron chi connectivity index (χ3n) is 6.56. The first-order valence-corrected chi connectivity index (χ1v) is 11.0. The molecule has 0 N–H and O–H groups in total. The summed E-state index contributed by atoms with van der Waals surface area (Å²) in [4.78, 5) is 0. The quantitative estimate of drug-likeness (QED) is 0.472. The topological polar surface area (TPSA) is 46.2 Å². The first-order chi connectivity index (χ1) is 15.6. The summed E-state index contributed by atoms with van der Waals surface area (Å²) in [6, 6.07) is 22.3. The van der Waals surface area contributed by atoms with Crippen LogP contribution in [-0.4, -0.2) is 13.9 Å². The van der Waals surface area contributed by atoms with Gasteiger partial charge in [0.15, 0.2) is 23.0 Å². The molecule has 5 rings (SSSR count). The normalized spacial score (nSPS) is 23.8. The third-order valence-corrected chi connectivity index (χ3v) is 6.56. The Balaban J connectivity index is 1.34. The Morgan fingerprint density at radius 3 is 2.22 bits per heavy atom. The summed E-state index contributed by atoms with van der Waals surface area (Å²) >= 11 is 0. The summed E-state index contributed by atoms with van der Waals surface area (Å²) in [5.41, 5.74) is 3.33. The predicted octanol–water partition coefficient (Wildman–Crippen LogP) is 6.09. The predicted molar refractivity (Wildman–Crippen MR) is 121 cm³/mol. The molecule has 2 aliphatic heterocycles. The Hall–Kier alpha value is -3.18. The van der Waals surface area contributed by atoms with E-state index in [1.807, 2.05) is 54.6 Å². The van der Waals surface area contributed by atoms with Gasteiger partial charge in [-0.15, -0.1) is 0 Å². The van der Waals surface area contributed by atoms with Crippen LogP contribution < -0.4 is 18.9 Å². The van der Waals surface area contributed by atoms with Gasteiger partial charge >= 0.3 is 0 Å². The van der Waals surface area contributed by atoms with Gasteiger partial charge in [-0.05, 0) is 52.8 Å². The molecule has 2 heterocycles. The highest BCUT2D eigenvalue weighted by Gasteiger charge is 2.41. The van der Waals surface area contributed by atoms with Crippen LogP contribution in [0.5, 0.6) is 23.0 Å². The maximum Gasteiger partial charge on any atom is 0.231 e. The van der Waals surface area contributed by atoms with E-state index in [4.69, 9.17) is 23.7 Å². The Bertz CT molecular complexity index is 1080. The molecule has 166 valence electrons. The second-order valence-electron chi connectivity index (χ2n) is 8.49. The summed E-state index contributed by atoms with van der Waals surface area (Å²) in [5.74, 6) is 3.71. The number of benzene rings is 3. The maximum absolute atomic E-state index is 6.59. The van der Waals surface area contributed by atoms with Gasteiger partial charge < -0.3 is 23.7 Å². The molecule has 0 saturated carbocycles. The highest BCUT2D eigenvalue weighted by molar-refractivity contribution is 5.46. The highest BCUT2D eigenvalue weighted by atomic mass is 16.7. The zero-order valence-electron chi connectivity index (χ0n) is 18.6. The van der Waals surface area contributed by atoms with Crippen molar-refractivity contribution < 1.29 is 23.7 Å². The lowest BCUT2D eigenvalue weighted by Crippen LogP contribution is -2.10. The summed E-state index contributed by atoms with van der Waals surface area (Å²) in [6.45, 7) is 5.26. The van der Waals surface area contributed by atoms with Gasteiger partial charge in [0.05, 0.1) is 19.3 Å². The Labute approximate surface area is 188 Å². The standard InChI is InChI=1S/C27H28O5/c1-17-18(2)27(21-10-12-23-25(14-21)31-16-30-23)32-26(17)20-9-11-22(24(13-20)28-3)29-15-19-7-5-4-6-8-19/h4-14,17-18,26-27H,15-16H2,1-3H3/t17-,18-,26-,27-/m0/s1. The van der Waals surface area contributed by atoms with E-state index in [1.165, 1.54) is 0 Å². The van der Waals surface area contributed by atoms with Crippen LogP contribution in [0.1, 0.15) is 42.7 Å².